The van der Waals surface area contributed by atoms with Gasteiger partial charge in [-0.3, -0.25) is 0 Å². The molecule has 0 heterocycles. The first-order valence-corrected chi connectivity index (χ1v) is 6.73. The molecule has 5 heteroatoms. The Kier molecular flexibility index (Phi) is 7.11. The molecule has 0 spiro atoms. The van der Waals surface area contributed by atoms with Crippen LogP contribution in [0.4, 0.5) is 0 Å². The second-order valence-corrected chi connectivity index (χ2v) is 5.32. The van der Waals surface area contributed by atoms with Gasteiger partial charge in [-0.25, -0.2) is 0 Å². The van der Waals surface area contributed by atoms with Crippen molar-refractivity contribution in [3.63, 3.8) is 0 Å². The van der Waals surface area contributed by atoms with Crippen molar-refractivity contribution in [1.82, 2.24) is 10.2 Å². The summed E-state index contributed by atoms with van der Waals surface area (Å²) < 4.78 is 10.2. The Bertz CT molecular complexity index is 220. The predicted octanol–water partition coefficient (Wildman–Crippen LogP) is 0.0842. The zero-order chi connectivity index (χ0) is 13.4. The highest BCUT2D eigenvalue weighted by molar-refractivity contribution is 4.97. The number of rotatable bonds is 10. The SMILES string of the molecule is COCCOCC(O)CNCC1(N(C)C)CCC1. The Hall–Kier alpha value is -0.200. The fourth-order valence-corrected chi connectivity index (χ4v) is 2.26. The topological polar surface area (TPSA) is 54.0 Å². The Morgan fingerprint density at radius 1 is 1.33 bits per heavy atom. The van der Waals surface area contributed by atoms with E-state index in [0.717, 1.165) is 6.54 Å². The molecule has 0 saturated heterocycles. The van der Waals surface area contributed by atoms with E-state index in [1.165, 1.54) is 19.3 Å². The minimum absolute atomic E-state index is 0.302. The molecule has 0 aromatic heterocycles. The van der Waals surface area contributed by atoms with E-state index in [4.69, 9.17) is 9.47 Å². The maximum Gasteiger partial charge on any atom is 0.0897 e. The van der Waals surface area contributed by atoms with E-state index in [2.05, 4.69) is 24.3 Å². The summed E-state index contributed by atoms with van der Waals surface area (Å²) in [5.74, 6) is 0. The summed E-state index contributed by atoms with van der Waals surface area (Å²) in [5, 5.41) is 13.1. The van der Waals surface area contributed by atoms with E-state index in [0.29, 0.717) is 31.9 Å². The Morgan fingerprint density at radius 3 is 2.56 bits per heavy atom. The number of aliphatic hydroxyl groups excluding tert-OH is 1. The summed E-state index contributed by atoms with van der Waals surface area (Å²) in [7, 11) is 5.90. The lowest BCUT2D eigenvalue weighted by atomic mass is 9.75. The molecule has 1 fully saturated rings. The van der Waals surface area contributed by atoms with Crippen LogP contribution in [0.15, 0.2) is 0 Å². The average Bonchev–Trinajstić information content (AvgIpc) is 2.27. The first kappa shape index (κ1) is 15.9. The van der Waals surface area contributed by atoms with Gasteiger partial charge in [0.1, 0.15) is 0 Å². The van der Waals surface area contributed by atoms with Crippen molar-refractivity contribution in [2.24, 2.45) is 0 Å². The summed E-state index contributed by atoms with van der Waals surface area (Å²) in [5.41, 5.74) is 0.302. The fraction of sp³-hybridized carbons (Fsp3) is 1.00. The monoisotopic (exact) mass is 260 g/mol. The van der Waals surface area contributed by atoms with Crippen molar-refractivity contribution in [3.05, 3.63) is 0 Å². The molecule has 1 aliphatic rings. The van der Waals surface area contributed by atoms with Gasteiger partial charge in [-0.05, 0) is 33.4 Å². The summed E-state index contributed by atoms with van der Waals surface area (Å²) in [6.07, 6.45) is 3.35. The van der Waals surface area contributed by atoms with Crippen LogP contribution in [0.3, 0.4) is 0 Å². The molecule has 0 aromatic rings. The van der Waals surface area contributed by atoms with Crippen LogP contribution < -0.4 is 5.32 Å². The second-order valence-electron chi connectivity index (χ2n) is 5.32. The van der Waals surface area contributed by atoms with Gasteiger partial charge in [0.15, 0.2) is 0 Å². The Balaban J connectivity index is 2.06. The lowest BCUT2D eigenvalue weighted by molar-refractivity contribution is 0.00925. The number of hydrogen-bond donors (Lipinski definition) is 2. The van der Waals surface area contributed by atoms with E-state index in [9.17, 15) is 5.11 Å². The van der Waals surface area contributed by atoms with Gasteiger partial charge >= 0.3 is 0 Å². The Morgan fingerprint density at radius 2 is 2.06 bits per heavy atom. The van der Waals surface area contributed by atoms with Gasteiger partial charge < -0.3 is 24.8 Å². The van der Waals surface area contributed by atoms with Crippen molar-refractivity contribution >= 4 is 0 Å². The molecule has 18 heavy (non-hydrogen) atoms. The van der Waals surface area contributed by atoms with Gasteiger partial charge in [-0.2, -0.15) is 0 Å². The van der Waals surface area contributed by atoms with E-state index < -0.39 is 6.10 Å². The third kappa shape index (κ3) is 4.82. The van der Waals surface area contributed by atoms with Crippen molar-refractivity contribution in [2.75, 3.05) is 54.1 Å². The van der Waals surface area contributed by atoms with E-state index in [1.54, 1.807) is 7.11 Å². The molecule has 1 unspecified atom stereocenters. The second kappa shape index (κ2) is 8.07. The highest BCUT2D eigenvalue weighted by Gasteiger charge is 2.38. The zero-order valence-corrected chi connectivity index (χ0v) is 11.9. The van der Waals surface area contributed by atoms with Crippen molar-refractivity contribution in [2.45, 2.75) is 30.9 Å². The molecule has 0 bridgehead atoms. The highest BCUT2D eigenvalue weighted by Crippen LogP contribution is 2.35. The molecule has 1 saturated carbocycles. The normalized spacial score (nSPS) is 19.8. The van der Waals surface area contributed by atoms with Crippen LogP contribution in [-0.2, 0) is 9.47 Å². The van der Waals surface area contributed by atoms with Crippen LogP contribution in [0.5, 0.6) is 0 Å². The van der Waals surface area contributed by atoms with Crippen LogP contribution in [-0.4, -0.2) is 75.8 Å². The van der Waals surface area contributed by atoms with Gasteiger partial charge in [0.05, 0.1) is 25.9 Å². The molecular weight excluding hydrogens is 232 g/mol. The predicted molar refractivity (Wildman–Crippen MR) is 71.8 cm³/mol. The maximum absolute atomic E-state index is 9.73. The van der Waals surface area contributed by atoms with Crippen LogP contribution in [0.25, 0.3) is 0 Å². The number of hydrogen-bond acceptors (Lipinski definition) is 5. The van der Waals surface area contributed by atoms with Gasteiger partial charge in [0.2, 0.25) is 0 Å². The number of aliphatic hydroxyl groups is 1. The van der Waals surface area contributed by atoms with E-state index >= 15 is 0 Å². The molecule has 0 radical (unpaired) electrons. The summed E-state index contributed by atoms with van der Waals surface area (Å²) >= 11 is 0. The maximum atomic E-state index is 9.73. The molecule has 2 N–H and O–H groups in total. The number of ether oxygens (including phenoxy) is 2. The van der Waals surface area contributed by atoms with Crippen LogP contribution in [0.2, 0.25) is 0 Å². The quantitative estimate of drug-likeness (QED) is 0.545. The first-order chi connectivity index (χ1) is 8.60. The molecule has 1 aliphatic carbocycles. The summed E-state index contributed by atoms with van der Waals surface area (Å²) in [4.78, 5) is 2.30. The van der Waals surface area contributed by atoms with Crippen molar-refractivity contribution < 1.29 is 14.6 Å². The zero-order valence-electron chi connectivity index (χ0n) is 11.9. The fourth-order valence-electron chi connectivity index (χ4n) is 2.26. The Labute approximate surface area is 110 Å². The minimum atomic E-state index is -0.443. The number of methoxy groups -OCH3 is 1. The third-order valence-electron chi connectivity index (χ3n) is 3.81. The van der Waals surface area contributed by atoms with Gasteiger partial charge in [-0.15, -0.1) is 0 Å². The number of nitrogens with zero attached hydrogens (tertiary/aromatic N) is 1. The van der Waals surface area contributed by atoms with Crippen molar-refractivity contribution in [1.29, 1.82) is 0 Å². The molecule has 0 aromatic carbocycles. The van der Waals surface area contributed by atoms with Gasteiger partial charge in [0, 0.05) is 25.7 Å². The standard InChI is InChI=1S/C13H28N2O3/c1-15(2)13(5-4-6-13)11-14-9-12(16)10-18-8-7-17-3/h12,14,16H,4-11H2,1-3H3. The van der Waals surface area contributed by atoms with Crippen molar-refractivity contribution in [3.8, 4) is 0 Å². The molecule has 5 nitrogen and oxygen atoms in total. The van der Waals surface area contributed by atoms with Gasteiger partial charge in [0.25, 0.3) is 0 Å². The van der Waals surface area contributed by atoms with Gasteiger partial charge in [-0.1, -0.05) is 0 Å². The van der Waals surface area contributed by atoms with Crippen LogP contribution in [0.1, 0.15) is 19.3 Å². The molecule has 0 aliphatic heterocycles. The molecule has 1 rings (SSSR count). The first-order valence-electron chi connectivity index (χ1n) is 6.73. The number of likely N-dealkylation sites (N-methyl/N-ethyl adjacent to an activating group) is 1. The van der Waals surface area contributed by atoms with E-state index in [1.807, 2.05) is 0 Å². The average molecular weight is 260 g/mol. The largest absolute Gasteiger partial charge is 0.389 e. The summed E-state index contributed by atoms with van der Waals surface area (Å²) in [6.45, 7) is 3.00. The summed E-state index contributed by atoms with van der Waals surface area (Å²) in [6, 6.07) is 0. The highest BCUT2D eigenvalue weighted by atomic mass is 16.5. The lowest BCUT2D eigenvalue weighted by Gasteiger charge is -2.47. The molecular formula is C13H28N2O3. The molecule has 1 atom stereocenters. The molecule has 108 valence electrons. The number of nitrogens with one attached hydrogen (secondary N) is 1. The minimum Gasteiger partial charge on any atom is -0.389 e. The smallest absolute Gasteiger partial charge is 0.0897 e. The lowest BCUT2D eigenvalue weighted by Crippen LogP contribution is -2.57. The molecule has 0 amide bonds. The van der Waals surface area contributed by atoms with Crippen LogP contribution in [0, 0.1) is 0 Å². The van der Waals surface area contributed by atoms with Crippen LogP contribution >= 0.6 is 0 Å². The van der Waals surface area contributed by atoms with E-state index in [-0.39, 0.29) is 0 Å². The third-order valence-corrected chi connectivity index (χ3v) is 3.81.